The third-order valence-corrected chi connectivity index (χ3v) is 3.91. The van der Waals surface area contributed by atoms with Gasteiger partial charge in [0, 0.05) is 6.42 Å². The molecule has 1 unspecified atom stereocenters. The van der Waals surface area contributed by atoms with Gasteiger partial charge in [0.2, 0.25) is 0 Å². The Morgan fingerprint density at radius 2 is 1.48 bits per heavy atom. The molecule has 0 bridgehead atoms. The molecule has 0 saturated heterocycles. The third-order valence-electron chi connectivity index (χ3n) is 3.91. The van der Waals surface area contributed by atoms with Crippen LogP contribution in [0.1, 0.15) is 90.4 Å². The van der Waals surface area contributed by atoms with Crippen LogP contribution in [0.5, 0.6) is 0 Å². The molecule has 0 aromatic heterocycles. The molecule has 0 aliphatic rings. The number of aliphatic hydroxyl groups is 1. The maximum absolute atomic E-state index is 10.4. The summed E-state index contributed by atoms with van der Waals surface area (Å²) in [5.41, 5.74) is 0. The molecule has 0 rings (SSSR count). The first-order valence-electron chi connectivity index (χ1n) is 9.36. The van der Waals surface area contributed by atoms with Gasteiger partial charge in [-0.15, -0.1) is 0 Å². The van der Waals surface area contributed by atoms with Crippen molar-refractivity contribution in [3.05, 3.63) is 24.3 Å². The zero-order valence-electron chi connectivity index (χ0n) is 14.9. The average Bonchev–Trinajstić information content (AvgIpc) is 2.52. The molecule has 0 saturated carbocycles. The minimum Gasteiger partial charge on any atom is -0.481 e. The number of hydrogen-bond acceptors (Lipinski definition) is 2. The molecule has 0 aliphatic heterocycles. The maximum Gasteiger partial charge on any atom is 0.303 e. The monoisotopic (exact) mass is 324 g/mol. The second kappa shape index (κ2) is 17.3. The molecule has 0 spiro atoms. The Labute approximate surface area is 142 Å². The third kappa shape index (κ3) is 18.9. The van der Waals surface area contributed by atoms with E-state index in [1.807, 2.05) is 0 Å². The topological polar surface area (TPSA) is 57.5 Å². The van der Waals surface area contributed by atoms with Crippen LogP contribution >= 0.6 is 0 Å². The van der Waals surface area contributed by atoms with Gasteiger partial charge in [-0.25, -0.2) is 0 Å². The summed E-state index contributed by atoms with van der Waals surface area (Å²) in [7, 11) is 0. The summed E-state index contributed by atoms with van der Waals surface area (Å²) in [6.07, 6.45) is 21.4. The maximum atomic E-state index is 10.4. The van der Waals surface area contributed by atoms with E-state index in [4.69, 9.17) is 5.11 Å². The van der Waals surface area contributed by atoms with E-state index in [2.05, 4.69) is 31.2 Å². The van der Waals surface area contributed by atoms with Crippen LogP contribution in [0.15, 0.2) is 24.3 Å². The molecule has 0 radical (unpaired) electrons. The van der Waals surface area contributed by atoms with Gasteiger partial charge in [0.05, 0.1) is 6.10 Å². The number of carboxylic acids is 1. The molecule has 134 valence electrons. The Bertz CT molecular complexity index is 321. The van der Waals surface area contributed by atoms with Crippen molar-refractivity contribution in [2.75, 3.05) is 0 Å². The van der Waals surface area contributed by atoms with Crippen LogP contribution in [0.4, 0.5) is 0 Å². The quantitative estimate of drug-likeness (QED) is 0.285. The van der Waals surface area contributed by atoms with Crippen molar-refractivity contribution in [1.82, 2.24) is 0 Å². The van der Waals surface area contributed by atoms with Crippen molar-refractivity contribution < 1.29 is 15.0 Å². The molecule has 0 aromatic carbocycles. The molecule has 0 heterocycles. The van der Waals surface area contributed by atoms with Crippen LogP contribution in [0.3, 0.4) is 0 Å². The number of carboxylic acid groups (broad SMARTS) is 1. The van der Waals surface area contributed by atoms with E-state index in [9.17, 15) is 9.90 Å². The second-order valence-electron chi connectivity index (χ2n) is 6.23. The van der Waals surface area contributed by atoms with Gasteiger partial charge in [0.1, 0.15) is 0 Å². The Kier molecular flexibility index (Phi) is 16.4. The summed E-state index contributed by atoms with van der Waals surface area (Å²) in [5, 5.41) is 18.3. The van der Waals surface area contributed by atoms with Crippen LogP contribution in [-0.2, 0) is 4.79 Å². The fourth-order valence-electron chi connectivity index (χ4n) is 2.48. The molecule has 3 heteroatoms. The Hall–Kier alpha value is -1.09. The standard InChI is InChI=1S/C20H36O3/c1-2-3-4-13-16-19(21)17-14-11-9-7-5-6-8-10-12-15-18-20(22)23/h3-4,11,14,19,21H,2,5-10,12-13,15-18H2,1H3,(H,22,23)/b4-3-,14-11-. The van der Waals surface area contributed by atoms with Crippen molar-refractivity contribution in [3.8, 4) is 0 Å². The molecular weight excluding hydrogens is 288 g/mol. The molecular formula is C20H36O3. The highest BCUT2D eigenvalue weighted by Gasteiger charge is 1.99. The molecule has 3 nitrogen and oxygen atoms in total. The zero-order chi connectivity index (χ0) is 17.2. The molecule has 0 amide bonds. The fraction of sp³-hybridized carbons (Fsp3) is 0.750. The van der Waals surface area contributed by atoms with Gasteiger partial charge in [-0.1, -0.05) is 63.3 Å². The predicted molar refractivity (Wildman–Crippen MR) is 97.6 cm³/mol. The van der Waals surface area contributed by atoms with Crippen LogP contribution in [0.2, 0.25) is 0 Å². The molecule has 1 atom stereocenters. The number of rotatable bonds is 16. The lowest BCUT2D eigenvalue weighted by atomic mass is 10.1. The minimum atomic E-state index is -0.681. The molecule has 0 aliphatic carbocycles. The highest BCUT2D eigenvalue weighted by atomic mass is 16.4. The van der Waals surface area contributed by atoms with Crippen molar-refractivity contribution >= 4 is 5.97 Å². The number of unbranched alkanes of at least 4 members (excludes halogenated alkanes) is 7. The van der Waals surface area contributed by atoms with Crippen molar-refractivity contribution in [2.24, 2.45) is 0 Å². The van der Waals surface area contributed by atoms with E-state index < -0.39 is 5.97 Å². The van der Waals surface area contributed by atoms with E-state index >= 15 is 0 Å². The average molecular weight is 325 g/mol. The Morgan fingerprint density at radius 3 is 2.13 bits per heavy atom. The van der Waals surface area contributed by atoms with Crippen molar-refractivity contribution in [3.63, 3.8) is 0 Å². The summed E-state index contributed by atoms with van der Waals surface area (Å²) in [6, 6.07) is 0. The summed E-state index contributed by atoms with van der Waals surface area (Å²) in [4.78, 5) is 10.4. The fourth-order valence-corrected chi connectivity index (χ4v) is 2.48. The lowest BCUT2D eigenvalue weighted by Gasteiger charge is -2.05. The molecule has 23 heavy (non-hydrogen) atoms. The first-order chi connectivity index (χ1) is 11.2. The number of hydrogen-bond donors (Lipinski definition) is 2. The summed E-state index contributed by atoms with van der Waals surface area (Å²) >= 11 is 0. The first kappa shape index (κ1) is 21.9. The Balaban J connectivity index is 3.27. The number of allylic oxidation sites excluding steroid dienone is 3. The SMILES string of the molecule is CC/C=C\CCC(O)C/C=C\CCCCCCCCCC(=O)O. The van der Waals surface area contributed by atoms with Crippen molar-refractivity contribution in [2.45, 2.75) is 96.5 Å². The Morgan fingerprint density at radius 1 is 0.870 bits per heavy atom. The van der Waals surface area contributed by atoms with E-state index in [1.54, 1.807) is 0 Å². The van der Waals surface area contributed by atoms with E-state index in [0.29, 0.717) is 6.42 Å². The smallest absolute Gasteiger partial charge is 0.303 e. The van der Waals surface area contributed by atoms with Crippen LogP contribution in [0.25, 0.3) is 0 Å². The lowest BCUT2D eigenvalue weighted by Crippen LogP contribution is -2.03. The number of aliphatic carboxylic acids is 1. The van der Waals surface area contributed by atoms with Crippen molar-refractivity contribution in [1.29, 1.82) is 0 Å². The lowest BCUT2D eigenvalue weighted by molar-refractivity contribution is -0.137. The second-order valence-corrected chi connectivity index (χ2v) is 6.23. The predicted octanol–water partition coefficient (Wildman–Crippen LogP) is 5.64. The van der Waals surface area contributed by atoms with Gasteiger partial charge in [-0.05, 0) is 44.9 Å². The van der Waals surface area contributed by atoms with Gasteiger partial charge in [-0.2, -0.15) is 0 Å². The van der Waals surface area contributed by atoms with E-state index in [1.165, 1.54) is 25.7 Å². The summed E-state index contributed by atoms with van der Waals surface area (Å²) in [5.74, 6) is -0.681. The largest absolute Gasteiger partial charge is 0.481 e. The number of carbonyl (C=O) groups is 1. The number of aliphatic hydroxyl groups excluding tert-OH is 1. The van der Waals surface area contributed by atoms with Gasteiger partial charge >= 0.3 is 5.97 Å². The first-order valence-corrected chi connectivity index (χ1v) is 9.36. The summed E-state index contributed by atoms with van der Waals surface area (Å²) in [6.45, 7) is 2.12. The van der Waals surface area contributed by atoms with Gasteiger partial charge < -0.3 is 10.2 Å². The minimum absolute atomic E-state index is 0.210. The van der Waals surface area contributed by atoms with Gasteiger partial charge in [-0.3, -0.25) is 4.79 Å². The highest BCUT2D eigenvalue weighted by molar-refractivity contribution is 5.66. The van der Waals surface area contributed by atoms with E-state index in [0.717, 1.165) is 51.4 Å². The zero-order valence-corrected chi connectivity index (χ0v) is 14.9. The molecule has 0 fully saturated rings. The van der Waals surface area contributed by atoms with Crippen LogP contribution in [-0.4, -0.2) is 22.3 Å². The van der Waals surface area contributed by atoms with Gasteiger partial charge in [0.15, 0.2) is 0 Å². The van der Waals surface area contributed by atoms with E-state index in [-0.39, 0.29) is 6.10 Å². The summed E-state index contributed by atoms with van der Waals surface area (Å²) < 4.78 is 0. The molecule has 2 N–H and O–H groups in total. The van der Waals surface area contributed by atoms with Crippen LogP contribution in [0, 0.1) is 0 Å². The van der Waals surface area contributed by atoms with Gasteiger partial charge in [0.25, 0.3) is 0 Å². The molecule has 0 aromatic rings. The normalized spacial score (nSPS) is 13.1. The van der Waals surface area contributed by atoms with Crippen LogP contribution < -0.4 is 0 Å². The highest BCUT2D eigenvalue weighted by Crippen LogP contribution is 2.10.